The molecule has 1 unspecified atom stereocenters. The van der Waals surface area contributed by atoms with E-state index in [9.17, 15) is 14.7 Å². The van der Waals surface area contributed by atoms with Gasteiger partial charge in [0.05, 0.1) is 38.0 Å². The molecule has 1 atom stereocenters. The number of methoxy groups -OCH3 is 2. The highest BCUT2D eigenvalue weighted by Crippen LogP contribution is 2.43. The molecular weight excluding hydrogens is 398 g/mol. The topological polar surface area (TPSA) is 85.3 Å². The fourth-order valence-electron chi connectivity index (χ4n) is 3.82. The van der Waals surface area contributed by atoms with Crippen molar-refractivity contribution in [3.63, 3.8) is 0 Å². The highest BCUT2D eigenvalue weighted by atomic mass is 16.5. The first-order valence-corrected chi connectivity index (χ1v) is 10.2. The van der Waals surface area contributed by atoms with Gasteiger partial charge < -0.3 is 24.2 Å². The van der Waals surface area contributed by atoms with Gasteiger partial charge in [0.15, 0.2) is 11.5 Å². The van der Waals surface area contributed by atoms with E-state index in [0.29, 0.717) is 47.9 Å². The molecule has 164 valence electrons. The van der Waals surface area contributed by atoms with E-state index in [1.54, 1.807) is 49.6 Å². The quantitative estimate of drug-likeness (QED) is 0.392. The van der Waals surface area contributed by atoms with Gasteiger partial charge in [-0.2, -0.15) is 0 Å². The first kappa shape index (κ1) is 22.2. The number of benzene rings is 2. The highest BCUT2D eigenvalue weighted by molar-refractivity contribution is 6.46. The standard InChI is InChI=1S/C24H27NO6/c1-5-13-25-21(15-11-12-18(30-4)19(14-15)31-6-2)20(23(27)24(25)28)22(26)16-9-7-8-10-17(16)29-3/h7-12,14,21,26H,5-6,13H2,1-4H3/b22-20-. The van der Waals surface area contributed by atoms with Gasteiger partial charge in [-0.05, 0) is 43.2 Å². The summed E-state index contributed by atoms with van der Waals surface area (Å²) in [5.41, 5.74) is 1.02. The van der Waals surface area contributed by atoms with Crippen molar-refractivity contribution in [3.05, 3.63) is 59.2 Å². The summed E-state index contributed by atoms with van der Waals surface area (Å²) in [6.45, 7) is 4.58. The monoisotopic (exact) mass is 425 g/mol. The summed E-state index contributed by atoms with van der Waals surface area (Å²) in [7, 11) is 3.03. The molecule has 1 fully saturated rings. The van der Waals surface area contributed by atoms with Gasteiger partial charge in [0.25, 0.3) is 11.7 Å². The van der Waals surface area contributed by atoms with Crippen molar-refractivity contribution in [1.82, 2.24) is 4.90 Å². The molecule has 0 aromatic heterocycles. The molecule has 31 heavy (non-hydrogen) atoms. The number of carbonyl (C=O) groups excluding carboxylic acids is 2. The summed E-state index contributed by atoms with van der Waals surface area (Å²) in [6, 6.07) is 11.3. The van der Waals surface area contributed by atoms with Gasteiger partial charge in [-0.1, -0.05) is 25.1 Å². The maximum Gasteiger partial charge on any atom is 0.295 e. The summed E-state index contributed by atoms with van der Waals surface area (Å²) in [6.07, 6.45) is 0.659. The van der Waals surface area contributed by atoms with Crippen LogP contribution in [0.3, 0.4) is 0 Å². The lowest BCUT2D eigenvalue weighted by atomic mass is 9.94. The lowest BCUT2D eigenvalue weighted by Gasteiger charge is -2.25. The van der Waals surface area contributed by atoms with E-state index in [-0.39, 0.29) is 11.3 Å². The van der Waals surface area contributed by atoms with Crippen molar-refractivity contribution in [1.29, 1.82) is 0 Å². The zero-order valence-corrected chi connectivity index (χ0v) is 18.2. The molecule has 2 aromatic carbocycles. The normalized spacial score (nSPS) is 17.7. The Hall–Kier alpha value is -3.48. The average Bonchev–Trinajstić information content (AvgIpc) is 3.04. The van der Waals surface area contributed by atoms with Crippen LogP contribution in [-0.4, -0.2) is 49.1 Å². The van der Waals surface area contributed by atoms with E-state index in [4.69, 9.17) is 14.2 Å². The number of ether oxygens (including phenoxy) is 3. The molecule has 0 radical (unpaired) electrons. The maximum atomic E-state index is 13.0. The van der Waals surface area contributed by atoms with Crippen molar-refractivity contribution >= 4 is 17.4 Å². The van der Waals surface area contributed by atoms with E-state index in [2.05, 4.69) is 0 Å². The number of nitrogens with zero attached hydrogens (tertiary/aromatic N) is 1. The SMILES string of the molecule is CCCN1C(=O)C(=O)/C(=C(\O)c2ccccc2OC)C1c1ccc(OC)c(OCC)c1. The van der Waals surface area contributed by atoms with Crippen LogP contribution in [0, 0.1) is 0 Å². The van der Waals surface area contributed by atoms with Crippen LogP contribution in [0.15, 0.2) is 48.0 Å². The number of para-hydroxylation sites is 1. The third-order valence-electron chi connectivity index (χ3n) is 5.17. The molecular formula is C24H27NO6. The Morgan fingerprint density at radius 2 is 1.71 bits per heavy atom. The van der Waals surface area contributed by atoms with Crippen LogP contribution < -0.4 is 14.2 Å². The third-order valence-corrected chi connectivity index (χ3v) is 5.17. The molecule has 1 amide bonds. The van der Waals surface area contributed by atoms with Crippen LogP contribution in [0.25, 0.3) is 5.76 Å². The molecule has 1 saturated heterocycles. The minimum atomic E-state index is -0.755. The Labute approximate surface area is 181 Å². The van der Waals surface area contributed by atoms with Crippen LogP contribution in [-0.2, 0) is 9.59 Å². The Morgan fingerprint density at radius 1 is 1.00 bits per heavy atom. The maximum absolute atomic E-state index is 13.0. The second-order valence-corrected chi connectivity index (χ2v) is 7.04. The molecule has 1 aliphatic rings. The molecule has 0 bridgehead atoms. The fraction of sp³-hybridized carbons (Fsp3) is 0.333. The van der Waals surface area contributed by atoms with Crippen molar-refractivity contribution < 1.29 is 28.9 Å². The molecule has 0 saturated carbocycles. The van der Waals surface area contributed by atoms with Crippen molar-refractivity contribution in [2.24, 2.45) is 0 Å². The summed E-state index contributed by atoms with van der Waals surface area (Å²) in [5, 5.41) is 11.2. The summed E-state index contributed by atoms with van der Waals surface area (Å²) < 4.78 is 16.4. The number of amides is 1. The highest BCUT2D eigenvalue weighted by Gasteiger charge is 2.46. The van der Waals surface area contributed by atoms with Gasteiger partial charge in [-0.15, -0.1) is 0 Å². The van der Waals surface area contributed by atoms with Crippen LogP contribution in [0.2, 0.25) is 0 Å². The lowest BCUT2D eigenvalue weighted by molar-refractivity contribution is -0.139. The van der Waals surface area contributed by atoms with Crippen LogP contribution in [0.4, 0.5) is 0 Å². The van der Waals surface area contributed by atoms with Crippen LogP contribution >= 0.6 is 0 Å². The number of aliphatic hydroxyl groups excluding tert-OH is 1. The molecule has 7 nitrogen and oxygen atoms in total. The smallest absolute Gasteiger partial charge is 0.295 e. The molecule has 0 spiro atoms. The number of hydrogen-bond acceptors (Lipinski definition) is 6. The number of hydrogen-bond donors (Lipinski definition) is 1. The summed E-state index contributed by atoms with van der Waals surface area (Å²) in [4.78, 5) is 27.4. The van der Waals surface area contributed by atoms with Crippen LogP contribution in [0.5, 0.6) is 17.2 Å². The zero-order valence-electron chi connectivity index (χ0n) is 18.2. The van der Waals surface area contributed by atoms with Gasteiger partial charge in [-0.25, -0.2) is 0 Å². The third kappa shape index (κ3) is 4.08. The number of rotatable bonds is 8. The lowest BCUT2D eigenvalue weighted by Crippen LogP contribution is -2.30. The summed E-state index contributed by atoms with van der Waals surface area (Å²) in [5.74, 6) is -0.185. The van der Waals surface area contributed by atoms with Gasteiger partial charge >= 0.3 is 0 Å². The van der Waals surface area contributed by atoms with Crippen molar-refractivity contribution in [2.75, 3.05) is 27.4 Å². The van der Waals surface area contributed by atoms with E-state index < -0.39 is 17.7 Å². The molecule has 1 heterocycles. The first-order chi connectivity index (χ1) is 15.0. The van der Waals surface area contributed by atoms with E-state index >= 15 is 0 Å². The Balaban J connectivity index is 2.23. The van der Waals surface area contributed by atoms with Gasteiger partial charge in [0, 0.05) is 6.54 Å². The number of likely N-dealkylation sites (tertiary alicyclic amines) is 1. The average molecular weight is 425 g/mol. The predicted octanol–water partition coefficient (Wildman–Crippen LogP) is 3.93. The Kier molecular flexibility index (Phi) is 6.84. The molecule has 1 N–H and O–H groups in total. The Morgan fingerprint density at radius 3 is 2.35 bits per heavy atom. The summed E-state index contributed by atoms with van der Waals surface area (Å²) >= 11 is 0. The molecule has 2 aromatic rings. The second-order valence-electron chi connectivity index (χ2n) is 7.04. The van der Waals surface area contributed by atoms with E-state index in [0.717, 1.165) is 0 Å². The van der Waals surface area contributed by atoms with Gasteiger partial charge in [0.1, 0.15) is 11.5 Å². The minimum absolute atomic E-state index is 0.0237. The second kappa shape index (κ2) is 9.55. The number of aliphatic hydroxyl groups is 1. The van der Waals surface area contributed by atoms with E-state index in [1.807, 2.05) is 13.8 Å². The van der Waals surface area contributed by atoms with Crippen LogP contribution in [0.1, 0.15) is 37.4 Å². The fourth-order valence-corrected chi connectivity index (χ4v) is 3.82. The van der Waals surface area contributed by atoms with E-state index in [1.165, 1.54) is 12.0 Å². The van der Waals surface area contributed by atoms with Gasteiger partial charge in [-0.3, -0.25) is 9.59 Å². The first-order valence-electron chi connectivity index (χ1n) is 10.2. The Bertz CT molecular complexity index is 1010. The molecule has 1 aliphatic heterocycles. The molecule has 3 rings (SSSR count). The predicted molar refractivity (Wildman–Crippen MR) is 116 cm³/mol. The molecule has 7 heteroatoms. The van der Waals surface area contributed by atoms with Crippen molar-refractivity contribution in [2.45, 2.75) is 26.3 Å². The minimum Gasteiger partial charge on any atom is -0.507 e. The zero-order chi connectivity index (χ0) is 22.5. The number of Topliss-reactive ketones (excluding diaryl/α,β-unsaturated/α-hetero) is 1. The number of ketones is 1. The molecule has 0 aliphatic carbocycles. The van der Waals surface area contributed by atoms with Gasteiger partial charge in [0.2, 0.25) is 0 Å². The number of carbonyl (C=O) groups is 2. The van der Waals surface area contributed by atoms with Crippen molar-refractivity contribution in [3.8, 4) is 17.2 Å². The largest absolute Gasteiger partial charge is 0.507 e.